The highest BCUT2D eigenvalue weighted by molar-refractivity contribution is 5.51. The first-order chi connectivity index (χ1) is 7.70. The molecule has 1 atom stereocenters. The van der Waals surface area contributed by atoms with Gasteiger partial charge in [-0.25, -0.2) is 0 Å². The molecule has 0 amide bonds. The zero-order valence-corrected chi connectivity index (χ0v) is 9.00. The molecule has 0 bridgehead atoms. The molecule has 1 unspecified atom stereocenters. The van der Waals surface area contributed by atoms with Crippen LogP contribution in [0.25, 0.3) is 11.4 Å². The summed E-state index contributed by atoms with van der Waals surface area (Å²) in [5, 5.41) is 7.88. The fraction of sp³-hybridized carbons (Fsp3) is 0.300. The highest BCUT2D eigenvalue weighted by Gasteiger charge is 2.15. The summed E-state index contributed by atoms with van der Waals surface area (Å²) >= 11 is 0. The van der Waals surface area contributed by atoms with Gasteiger partial charge in [-0.15, -0.1) is 6.58 Å². The molecule has 0 spiro atoms. The molecule has 6 nitrogen and oxygen atoms in total. The van der Waals surface area contributed by atoms with Gasteiger partial charge in [0.15, 0.2) is 0 Å². The Morgan fingerprint density at radius 2 is 2.50 bits per heavy atom. The Kier molecular flexibility index (Phi) is 2.82. The Morgan fingerprint density at radius 3 is 3.12 bits per heavy atom. The molecule has 2 heterocycles. The first kappa shape index (κ1) is 10.6. The van der Waals surface area contributed by atoms with Crippen LogP contribution in [-0.4, -0.2) is 19.9 Å². The van der Waals surface area contributed by atoms with Crippen molar-refractivity contribution in [2.24, 2.45) is 12.8 Å². The Hall–Kier alpha value is -1.95. The van der Waals surface area contributed by atoms with E-state index in [2.05, 4.69) is 21.8 Å². The van der Waals surface area contributed by atoms with Crippen LogP contribution in [0.5, 0.6) is 0 Å². The zero-order chi connectivity index (χ0) is 11.5. The highest BCUT2D eigenvalue weighted by Crippen LogP contribution is 2.18. The van der Waals surface area contributed by atoms with Gasteiger partial charge in [-0.3, -0.25) is 4.68 Å². The lowest BCUT2D eigenvalue weighted by Gasteiger charge is -1.99. The van der Waals surface area contributed by atoms with E-state index in [4.69, 9.17) is 10.3 Å². The molecule has 0 radical (unpaired) electrons. The molecule has 0 aromatic carbocycles. The van der Waals surface area contributed by atoms with Crippen LogP contribution < -0.4 is 5.73 Å². The van der Waals surface area contributed by atoms with Crippen molar-refractivity contribution >= 4 is 0 Å². The average Bonchev–Trinajstić information content (AvgIpc) is 2.85. The predicted molar refractivity (Wildman–Crippen MR) is 58.2 cm³/mol. The third kappa shape index (κ3) is 2.01. The van der Waals surface area contributed by atoms with E-state index in [1.807, 2.05) is 13.2 Å². The van der Waals surface area contributed by atoms with Gasteiger partial charge in [0.2, 0.25) is 11.7 Å². The van der Waals surface area contributed by atoms with Crippen molar-refractivity contribution in [1.29, 1.82) is 0 Å². The maximum Gasteiger partial charge on any atom is 0.244 e. The molecule has 0 saturated carbocycles. The van der Waals surface area contributed by atoms with Gasteiger partial charge >= 0.3 is 0 Å². The fourth-order valence-electron chi connectivity index (χ4n) is 1.32. The van der Waals surface area contributed by atoms with E-state index in [0.717, 1.165) is 5.56 Å². The standard InChI is InChI=1S/C10H13N5O/c1-3-4-8(11)10-13-9(14-16-10)7-5-12-15(2)6-7/h3,5-6,8H,1,4,11H2,2H3. The van der Waals surface area contributed by atoms with Crippen molar-refractivity contribution in [2.45, 2.75) is 12.5 Å². The van der Waals surface area contributed by atoms with Crippen molar-refractivity contribution in [2.75, 3.05) is 0 Å². The van der Waals surface area contributed by atoms with Crippen molar-refractivity contribution in [3.63, 3.8) is 0 Å². The predicted octanol–water partition coefficient (Wildman–Crippen LogP) is 1.05. The van der Waals surface area contributed by atoms with Gasteiger partial charge in [0.1, 0.15) is 0 Å². The van der Waals surface area contributed by atoms with E-state index in [1.165, 1.54) is 0 Å². The minimum absolute atomic E-state index is 0.296. The third-order valence-corrected chi connectivity index (χ3v) is 2.14. The van der Waals surface area contributed by atoms with Gasteiger partial charge in [0.25, 0.3) is 0 Å². The molecule has 0 fully saturated rings. The quantitative estimate of drug-likeness (QED) is 0.777. The molecule has 0 saturated heterocycles. The number of aryl methyl sites for hydroxylation is 1. The van der Waals surface area contributed by atoms with Crippen LogP contribution >= 0.6 is 0 Å². The molecule has 2 rings (SSSR count). The fourth-order valence-corrected chi connectivity index (χ4v) is 1.32. The summed E-state index contributed by atoms with van der Waals surface area (Å²) in [4.78, 5) is 4.21. The second kappa shape index (κ2) is 4.28. The summed E-state index contributed by atoms with van der Waals surface area (Å²) < 4.78 is 6.75. The zero-order valence-electron chi connectivity index (χ0n) is 9.00. The minimum Gasteiger partial charge on any atom is -0.337 e. The molecule has 2 N–H and O–H groups in total. The molecule has 6 heteroatoms. The Balaban J connectivity index is 2.22. The monoisotopic (exact) mass is 219 g/mol. The Morgan fingerprint density at radius 1 is 1.69 bits per heavy atom. The maximum absolute atomic E-state index is 5.81. The van der Waals surface area contributed by atoms with Crippen LogP contribution in [0, 0.1) is 0 Å². The lowest BCUT2D eigenvalue weighted by molar-refractivity contribution is 0.356. The first-order valence-electron chi connectivity index (χ1n) is 4.90. The van der Waals surface area contributed by atoms with Crippen molar-refractivity contribution in [3.8, 4) is 11.4 Å². The molecule has 16 heavy (non-hydrogen) atoms. The van der Waals surface area contributed by atoms with Crippen LogP contribution in [-0.2, 0) is 7.05 Å². The average molecular weight is 219 g/mol. The van der Waals surface area contributed by atoms with E-state index >= 15 is 0 Å². The molecule has 2 aromatic rings. The van der Waals surface area contributed by atoms with Gasteiger partial charge < -0.3 is 10.3 Å². The van der Waals surface area contributed by atoms with Gasteiger partial charge in [0, 0.05) is 13.2 Å². The maximum atomic E-state index is 5.81. The highest BCUT2D eigenvalue weighted by atomic mass is 16.5. The van der Waals surface area contributed by atoms with E-state index in [9.17, 15) is 0 Å². The third-order valence-electron chi connectivity index (χ3n) is 2.14. The van der Waals surface area contributed by atoms with Crippen LogP contribution in [0.3, 0.4) is 0 Å². The Bertz CT molecular complexity index is 487. The van der Waals surface area contributed by atoms with Gasteiger partial charge in [-0.1, -0.05) is 11.2 Å². The largest absolute Gasteiger partial charge is 0.337 e. The summed E-state index contributed by atoms with van der Waals surface area (Å²) in [6.45, 7) is 3.61. The Labute approximate surface area is 92.8 Å². The smallest absolute Gasteiger partial charge is 0.244 e. The lowest BCUT2D eigenvalue weighted by Crippen LogP contribution is -2.09. The molecule has 0 aliphatic rings. The number of rotatable bonds is 4. The summed E-state index contributed by atoms with van der Waals surface area (Å²) in [6, 6.07) is -0.296. The van der Waals surface area contributed by atoms with E-state index in [-0.39, 0.29) is 6.04 Å². The summed E-state index contributed by atoms with van der Waals surface area (Å²) in [5.41, 5.74) is 6.62. The molecule has 84 valence electrons. The molecule has 2 aromatic heterocycles. The van der Waals surface area contributed by atoms with E-state index < -0.39 is 0 Å². The van der Waals surface area contributed by atoms with E-state index in [1.54, 1.807) is 17.0 Å². The normalized spacial score (nSPS) is 12.6. The molecular formula is C10H13N5O. The number of nitrogens with zero attached hydrogens (tertiary/aromatic N) is 4. The van der Waals surface area contributed by atoms with E-state index in [0.29, 0.717) is 18.1 Å². The van der Waals surface area contributed by atoms with Crippen LogP contribution in [0.4, 0.5) is 0 Å². The topological polar surface area (TPSA) is 82.8 Å². The summed E-state index contributed by atoms with van der Waals surface area (Å²) in [7, 11) is 1.83. The van der Waals surface area contributed by atoms with Gasteiger partial charge in [-0.05, 0) is 6.42 Å². The van der Waals surface area contributed by atoms with Crippen LogP contribution in [0.2, 0.25) is 0 Å². The van der Waals surface area contributed by atoms with Gasteiger partial charge in [-0.2, -0.15) is 10.1 Å². The van der Waals surface area contributed by atoms with Crippen molar-refractivity contribution in [3.05, 3.63) is 30.9 Å². The SMILES string of the molecule is C=CCC(N)c1nc(-c2cnn(C)c2)no1. The number of hydrogen-bond acceptors (Lipinski definition) is 5. The minimum atomic E-state index is -0.296. The second-order valence-corrected chi connectivity index (χ2v) is 3.49. The van der Waals surface area contributed by atoms with Crippen molar-refractivity contribution < 1.29 is 4.52 Å². The first-order valence-corrected chi connectivity index (χ1v) is 4.90. The number of nitrogens with two attached hydrogens (primary N) is 1. The lowest BCUT2D eigenvalue weighted by atomic mass is 10.2. The van der Waals surface area contributed by atoms with Crippen LogP contribution in [0.15, 0.2) is 29.6 Å². The number of aromatic nitrogens is 4. The summed E-state index contributed by atoms with van der Waals surface area (Å²) in [5.74, 6) is 0.918. The summed E-state index contributed by atoms with van der Waals surface area (Å²) in [6.07, 6.45) is 5.81. The molecule has 0 aliphatic carbocycles. The van der Waals surface area contributed by atoms with Crippen LogP contribution in [0.1, 0.15) is 18.4 Å². The molecule has 0 aliphatic heterocycles. The van der Waals surface area contributed by atoms with Crippen molar-refractivity contribution in [1.82, 2.24) is 19.9 Å². The second-order valence-electron chi connectivity index (χ2n) is 3.49. The molecular weight excluding hydrogens is 206 g/mol. The number of hydrogen-bond donors (Lipinski definition) is 1. The van der Waals surface area contributed by atoms with Gasteiger partial charge in [0.05, 0.1) is 17.8 Å².